The fourth-order valence-corrected chi connectivity index (χ4v) is 1.38. The molecule has 0 bridgehead atoms. The fraction of sp³-hybridized carbons (Fsp3) is 0.250. The van der Waals surface area contributed by atoms with Crippen molar-refractivity contribution in [2.75, 3.05) is 0 Å². The van der Waals surface area contributed by atoms with E-state index < -0.39 is 15.4 Å². The molecule has 66 valence electrons. The van der Waals surface area contributed by atoms with Crippen molar-refractivity contribution in [2.45, 2.75) is 12.2 Å². The van der Waals surface area contributed by atoms with Gasteiger partial charge in [-0.25, -0.2) is 8.42 Å². The molecule has 1 rings (SSSR count). The average molecular weight is 185 g/mol. The predicted octanol–water partition coefficient (Wildman–Crippen LogP) is 1.29. The lowest BCUT2D eigenvalue weighted by molar-refractivity contribution is 0.452. The molecule has 4 heteroatoms. The van der Waals surface area contributed by atoms with Crippen LogP contribution < -0.4 is 0 Å². The Morgan fingerprint density at radius 3 is 2.17 bits per heavy atom. The Bertz CT molecular complexity index is 342. The Labute approximate surface area is 71.8 Å². The summed E-state index contributed by atoms with van der Waals surface area (Å²) in [7, 11) is -4.21. The number of rotatable bonds is 2. The highest BCUT2D eigenvalue weighted by molar-refractivity contribution is 7.85. The van der Waals surface area contributed by atoms with Gasteiger partial charge in [-0.15, -0.1) is 0 Å². The van der Waals surface area contributed by atoms with Crippen molar-refractivity contribution in [2.24, 2.45) is 0 Å². The van der Waals surface area contributed by atoms with E-state index in [1.807, 2.05) is 0 Å². The van der Waals surface area contributed by atoms with Crippen molar-refractivity contribution in [3.63, 3.8) is 0 Å². The van der Waals surface area contributed by atoms with E-state index in [0.29, 0.717) is 5.56 Å². The lowest BCUT2D eigenvalue weighted by Gasteiger charge is -2.15. The highest BCUT2D eigenvalue weighted by Crippen LogP contribution is 2.19. The molecule has 3 nitrogen and oxygen atoms in total. The number of benzene rings is 1. The summed E-state index contributed by atoms with van der Waals surface area (Å²) in [6, 6.07) is 8.43. The second-order valence-electron chi connectivity index (χ2n) is 2.55. The summed E-state index contributed by atoms with van der Waals surface area (Å²) in [6.45, 7) is 1.39. The van der Waals surface area contributed by atoms with Gasteiger partial charge in [0.1, 0.15) is 10.1 Å². The van der Waals surface area contributed by atoms with Gasteiger partial charge in [-0.05, 0) is 12.5 Å². The molecule has 1 aromatic carbocycles. The van der Waals surface area contributed by atoms with Crippen LogP contribution in [0.5, 0.6) is 0 Å². The molecule has 0 heterocycles. The normalized spacial score (nSPS) is 14.2. The second-order valence-corrected chi connectivity index (χ2v) is 4.24. The molecular formula is C8H9O3S-. The van der Waals surface area contributed by atoms with Gasteiger partial charge in [0.15, 0.2) is 0 Å². The van der Waals surface area contributed by atoms with Crippen molar-refractivity contribution in [1.82, 2.24) is 0 Å². The van der Waals surface area contributed by atoms with E-state index >= 15 is 0 Å². The summed E-state index contributed by atoms with van der Waals surface area (Å²) in [5, 5.41) is -0.960. The minimum atomic E-state index is -4.21. The molecule has 0 saturated heterocycles. The fourth-order valence-electron chi connectivity index (χ4n) is 0.891. The van der Waals surface area contributed by atoms with E-state index in [0.717, 1.165) is 0 Å². The van der Waals surface area contributed by atoms with Crippen LogP contribution in [0.2, 0.25) is 0 Å². The molecule has 0 N–H and O–H groups in total. The average Bonchev–Trinajstić information content (AvgIpc) is 2.03. The van der Waals surface area contributed by atoms with E-state index in [9.17, 15) is 13.0 Å². The summed E-state index contributed by atoms with van der Waals surface area (Å²) in [5.74, 6) is 0. The maximum Gasteiger partial charge on any atom is 0.101 e. The van der Waals surface area contributed by atoms with E-state index in [1.165, 1.54) is 6.92 Å². The largest absolute Gasteiger partial charge is 0.747 e. The van der Waals surface area contributed by atoms with Crippen LogP contribution in [0.15, 0.2) is 30.3 Å². The zero-order valence-corrected chi connectivity index (χ0v) is 7.41. The minimum absolute atomic E-state index is 0.535. The molecule has 1 atom stereocenters. The summed E-state index contributed by atoms with van der Waals surface area (Å²) >= 11 is 0. The van der Waals surface area contributed by atoms with E-state index in [-0.39, 0.29) is 0 Å². The standard InChI is InChI=1S/C8H10O3S/c1-7(12(9,10)11)8-5-3-2-4-6-8/h2-7H,1H3,(H,9,10,11)/p-1/t7-/m0/s1. The van der Waals surface area contributed by atoms with Crippen LogP contribution in [0, 0.1) is 0 Å². The third kappa shape index (κ3) is 2.06. The van der Waals surface area contributed by atoms with Crippen LogP contribution in [0.4, 0.5) is 0 Å². The zero-order chi connectivity index (χ0) is 9.19. The van der Waals surface area contributed by atoms with Crippen LogP contribution in [-0.2, 0) is 10.1 Å². The van der Waals surface area contributed by atoms with Crippen molar-refractivity contribution in [3.8, 4) is 0 Å². The Hall–Kier alpha value is -0.870. The van der Waals surface area contributed by atoms with Gasteiger partial charge in [-0.2, -0.15) is 0 Å². The van der Waals surface area contributed by atoms with Crippen molar-refractivity contribution in [3.05, 3.63) is 35.9 Å². The highest BCUT2D eigenvalue weighted by atomic mass is 32.2. The third-order valence-electron chi connectivity index (χ3n) is 1.70. The first kappa shape index (κ1) is 9.22. The first-order chi connectivity index (χ1) is 5.52. The van der Waals surface area contributed by atoms with Crippen LogP contribution in [-0.4, -0.2) is 13.0 Å². The summed E-state index contributed by atoms with van der Waals surface area (Å²) in [4.78, 5) is 0. The molecule has 0 saturated carbocycles. The number of hydrogen-bond acceptors (Lipinski definition) is 3. The van der Waals surface area contributed by atoms with Gasteiger partial charge >= 0.3 is 0 Å². The maximum absolute atomic E-state index is 10.6. The molecule has 0 fully saturated rings. The van der Waals surface area contributed by atoms with E-state index in [1.54, 1.807) is 30.3 Å². The van der Waals surface area contributed by atoms with Crippen LogP contribution in [0.3, 0.4) is 0 Å². The SMILES string of the molecule is C[C@@H](c1ccccc1)S(=O)(=O)[O-]. The molecule has 0 unspecified atom stereocenters. The smallest absolute Gasteiger partial charge is 0.101 e. The Kier molecular flexibility index (Phi) is 2.49. The molecule has 0 aliphatic heterocycles. The van der Waals surface area contributed by atoms with Crippen molar-refractivity contribution in [1.29, 1.82) is 0 Å². The van der Waals surface area contributed by atoms with Crippen LogP contribution in [0.1, 0.15) is 17.7 Å². The quantitative estimate of drug-likeness (QED) is 0.652. The molecular weight excluding hydrogens is 176 g/mol. The van der Waals surface area contributed by atoms with Gasteiger partial charge in [0, 0.05) is 0 Å². The van der Waals surface area contributed by atoms with Gasteiger partial charge in [0.05, 0.1) is 5.25 Å². The number of hydrogen-bond donors (Lipinski definition) is 0. The summed E-state index contributed by atoms with van der Waals surface area (Å²) in [6.07, 6.45) is 0. The summed E-state index contributed by atoms with van der Waals surface area (Å²) in [5.41, 5.74) is 0.535. The van der Waals surface area contributed by atoms with Gasteiger partial charge in [-0.1, -0.05) is 30.3 Å². The maximum atomic E-state index is 10.6. The Morgan fingerprint density at radius 2 is 1.75 bits per heavy atom. The molecule has 12 heavy (non-hydrogen) atoms. The highest BCUT2D eigenvalue weighted by Gasteiger charge is 2.10. The first-order valence-electron chi connectivity index (χ1n) is 3.51. The Morgan fingerprint density at radius 1 is 1.25 bits per heavy atom. The second kappa shape index (κ2) is 3.25. The topological polar surface area (TPSA) is 57.2 Å². The van der Waals surface area contributed by atoms with Gasteiger partial charge in [-0.3, -0.25) is 0 Å². The molecule has 0 aromatic heterocycles. The molecule has 0 aliphatic carbocycles. The Balaban J connectivity index is 3.02. The van der Waals surface area contributed by atoms with Gasteiger partial charge < -0.3 is 4.55 Å². The molecule has 0 spiro atoms. The predicted molar refractivity (Wildman–Crippen MR) is 44.6 cm³/mol. The first-order valence-corrected chi connectivity index (χ1v) is 4.98. The lowest BCUT2D eigenvalue weighted by Crippen LogP contribution is -2.08. The molecule has 0 amide bonds. The summed E-state index contributed by atoms with van der Waals surface area (Å²) < 4.78 is 31.7. The minimum Gasteiger partial charge on any atom is -0.747 e. The molecule has 0 aliphatic rings. The van der Waals surface area contributed by atoms with Gasteiger partial charge in [0.25, 0.3) is 0 Å². The third-order valence-corrected chi connectivity index (χ3v) is 2.84. The van der Waals surface area contributed by atoms with Gasteiger partial charge in [0.2, 0.25) is 0 Å². The monoisotopic (exact) mass is 185 g/mol. The molecule has 0 radical (unpaired) electrons. The lowest BCUT2D eigenvalue weighted by atomic mass is 10.2. The van der Waals surface area contributed by atoms with Crippen molar-refractivity contribution >= 4 is 10.1 Å². The van der Waals surface area contributed by atoms with Crippen LogP contribution >= 0.6 is 0 Å². The molecule has 1 aromatic rings. The van der Waals surface area contributed by atoms with E-state index in [4.69, 9.17) is 0 Å². The zero-order valence-electron chi connectivity index (χ0n) is 6.60. The van der Waals surface area contributed by atoms with E-state index in [2.05, 4.69) is 0 Å². The van der Waals surface area contributed by atoms with Crippen molar-refractivity contribution < 1.29 is 13.0 Å². The van der Waals surface area contributed by atoms with Crippen LogP contribution in [0.25, 0.3) is 0 Å².